The maximum atomic E-state index is 11.3. The molecule has 3 N–H and O–H groups in total. The van der Waals surface area contributed by atoms with Crippen LogP contribution in [0.1, 0.15) is 51.4 Å². The van der Waals surface area contributed by atoms with Crippen molar-refractivity contribution >= 4 is 11.9 Å². The molecule has 0 aliphatic rings. The van der Waals surface area contributed by atoms with Gasteiger partial charge in [0.15, 0.2) is 5.60 Å². The number of hydrogen-bond acceptors (Lipinski definition) is 8. The first-order chi connectivity index (χ1) is 14.0. The summed E-state index contributed by atoms with van der Waals surface area (Å²) in [6.45, 7) is 1.88. The van der Waals surface area contributed by atoms with E-state index < -0.39 is 17.5 Å². The number of aromatic carboxylic acids is 2. The molecule has 31 heavy (non-hydrogen) atoms. The zero-order valence-corrected chi connectivity index (χ0v) is 17.4. The van der Waals surface area contributed by atoms with Crippen molar-refractivity contribution in [1.29, 1.82) is 0 Å². The molecule has 3 rings (SSSR count). The van der Waals surface area contributed by atoms with E-state index in [0.29, 0.717) is 12.1 Å². The number of carbonyl (C=O) groups excluding carboxylic acids is 2. The standard InChI is InChI=1S/C21H19N3O5.Cu.H2O/c1-2-21(29-13-14-7-3-4-12-22-14,17-10-5-8-15(23-17)19(25)26)18-11-6-9-16(24-18)20(27)28;;/h3-12H,2,13H2,1H3,(H,25,26)(H,27,28);;1H2/q;+2;/p-1. The van der Waals surface area contributed by atoms with Crippen LogP contribution < -0.4 is 10.2 Å². The minimum atomic E-state index is -1.43. The van der Waals surface area contributed by atoms with Gasteiger partial charge >= 0.3 is 17.1 Å². The van der Waals surface area contributed by atoms with Gasteiger partial charge in [0, 0.05) is 6.20 Å². The van der Waals surface area contributed by atoms with Crippen LogP contribution >= 0.6 is 0 Å². The third-order valence-electron chi connectivity index (χ3n) is 4.43. The van der Waals surface area contributed by atoms with Gasteiger partial charge in [-0.05, 0) is 42.8 Å². The predicted octanol–water partition coefficient (Wildman–Crippen LogP) is -0.455. The molecule has 0 unspecified atom stereocenters. The SMILES string of the molecule is CCC(OCc1ccccn1)(c1cccc(C(=O)[O-])n1)c1cccc(C(=O)[O-])n1.[Cu+2].[OH3+]. The summed E-state index contributed by atoms with van der Waals surface area (Å²) in [6, 6.07) is 14.2. The third-order valence-corrected chi connectivity index (χ3v) is 4.43. The summed E-state index contributed by atoms with van der Waals surface area (Å²) >= 11 is 0. The van der Waals surface area contributed by atoms with Crippen LogP contribution in [0.5, 0.6) is 0 Å². The molecular formula is C21H20CuN3O6+. The summed E-state index contributed by atoms with van der Waals surface area (Å²) in [5, 5.41) is 22.6. The number of carboxylic acid groups (broad SMARTS) is 2. The van der Waals surface area contributed by atoms with Crippen molar-refractivity contribution in [2.24, 2.45) is 0 Å². The van der Waals surface area contributed by atoms with Crippen molar-refractivity contribution in [1.82, 2.24) is 15.0 Å². The van der Waals surface area contributed by atoms with E-state index in [1.807, 2.05) is 6.07 Å². The molecule has 0 saturated heterocycles. The van der Waals surface area contributed by atoms with Crippen LogP contribution in [-0.4, -0.2) is 26.9 Å². The van der Waals surface area contributed by atoms with E-state index in [0.717, 1.165) is 0 Å². The van der Waals surface area contributed by atoms with Crippen LogP contribution in [0.2, 0.25) is 0 Å². The van der Waals surface area contributed by atoms with Gasteiger partial charge in [0.25, 0.3) is 0 Å². The van der Waals surface area contributed by atoms with Crippen LogP contribution in [0.4, 0.5) is 0 Å². The van der Waals surface area contributed by atoms with Gasteiger partial charge in [-0.15, -0.1) is 0 Å². The van der Waals surface area contributed by atoms with Gasteiger partial charge in [-0.25, -0.2) is 9.97 Å². The summed E-state index contributed by atoms with van der Waals surface area (Å²) in [5.74, 6) is -2.86. The molecular weight excluding hydrogens is 454 g/mol. The normalized spacial score (nSPS) is 10.5. The van der Waals surface area contributed by atoms with E-state index in [-0.39, 0.29) is 51.9 Å². The maximum Gasteiger partial charge on any atom is 2.00 e. The molecule has 0 bridgehead atoms. The first-order valence-electron chi connectivity index (χ1n) is 8.88. The Labute approximate surface area is 188 Å². The second kappa shape index (κ2) is 11.3. The van der Waals surface area contributed by atoms with Crippen molar-refractivity contribution < 1.29 is 47.1 Å². The van der Waals surface area contributed by atoms with Crippen LogP contribution in [0, 0.1) is 0 Å². The summed E-state index contributed by atoms with van der Waals surface area (Å²) in [6.07, 6.45) is 1.92. The number of pyridine rings is 3. The smallest absolute Gasteiger partial charge is 0.543 e. The third kappa shape index (κ3) is 5.71. The van der Waals surface area contributed by atoms with Gasteiger partial charge in [0.05, 0.1) is 47.0 Å². The number of rotatable bonds is 8. The van der Waals surface area contributed by atoms with Crippen molar-refractivity contribution in [3.63, 3.8) is 0 Å². The summed E-state index contributed by atoms with van der Waals surface area (Å²) in [5.41, 5.74) is -0.677. The van der Waals surface area contributed by atoms with Crippen LogP contribution in [0.3, 0.4) is 0 Å². The molecule has 0 amide bonds. The Morgan fingerprint density at radius 1 is 0.903 bits per heavy atom. The topological polar surface area (TPSA) is 161 Å². The average Bonchev–Trinajstić information content (AvgIpc) is 2.75. The molecule has 3 heterocycles. The minimum Gasteiger partial charge on any atom is -0.543 e. The van der Waals surface area contributed by atoms with Crippen LogP contribution in [-0.2, 0) is 39.5 Å². The molecule has 0 aliphatic carbocycles. The molecule has 3 aromatic rings. The fraction of sp³-hybridized carbons (Fsp3) is 0.190. The largest absolute Gasteiger partial charge is 2.00 e. The van der Waals surface area contributed by atoms with E-state index in [1.54, 1.807) is 37.4 Å². The van der Waals surface area contributed by atoms with Crippen molar-refractivity contribution in [2.45, 2.75) is 25.6 Å². The molecule has 10 heteroatoms. The van der Waals surface area contributed by atoms with Gasteiger partial charge < -0.3 is 30.0 Å². The molecule has 165 valence electrons. The van der Waals surface area contributed by atoms with Gasteiger partial charge in [-0.1, -0.05) is 25.1 Å². The van der Waals surface area contributed by atoms with E-state index in [2.05, 4.69) is 15.0 Å². The van der Waals surface area contributed by atoms with Crippen molar-refractivity contribution in [2.75, 3.05) is 0 Å². The Hall–Kier alpha value is -3.17. The van der Waals surface area contributed by atoms with Crippen LogP contribution in [0.25, 0.3) is 0 Å². The number of aromatic nitrogens is 3. The quantitative estimate of drug-likeness (QED) is 0.313. The molecule has 1 radical (unpaired) electrons. The van der Waals surface area contributed by atoms with E-state index >= 15 is 0 Å². The van der Waals surface area contributed by atoms with Gasteiger partial charge in [-0.3, -0.25) is 4.98 Å². The molecule has 0 atom stereocenters. The zero-order chi connectivity index (χ0) is 20.9. The Kier molecular flexibility index (Phi) is 9.41. The fourth-order valence-corrected chi connectivity index (χ4v) is 2.97. The summed E-state index contributed by atoms with van der Waals surface area (Å²) in [7, 11) is 0. The second-order valence-electron chi connectivity index (χ2n) is 6.18. The monoisotopic (exact) mass is 473 g/mol. The van der Waals surface area contributed by atoms with Gasteiger partial charge in [0.1, 0.15) is 0 Å². The van der Waals surface area contributed by atoms with Gasteiger partial charge in [0.2, 0.25) is 0 Å². The first kappa shape index (κ1) is 25.9. The van der Waals surface area contributed by atoms with Crippen LogP contribution in [0.15, 0.2) is 60.8 Å². The Morgan fingerprint density at radius 2 is 1.45 bits per heavy atom. The van der Waals surface area contributed by atoms with E-state index in [1.165, 1.54) is 24.3 Å². The number of nitrogens with zero attached hydrogens (tertiary/aromatic N) is 3. The Bertz CT molecular complexity index is 975. The molecule has 9 nitrogen and oxygen atoms in total. The van der Waals surface area contributed by atoms with Crippen molar-refractivity contribution in [3.05, 3.63) is 89.3 Å². The summed E-state index contributed by atoms with van der Waals surface area (Å²) in [4.78, 5) is 35.2. The molecule has 0 aromatic carbocycles. The average molecular weight is 474 g/mol. The number of carbonyl (C=O) groups is 2. The van der Waals surface area contributed by atoms with Gasteiger partial charge in [-0.2, -0.15) is 0 Å². The minimum absolute atomic E-state index is 0. The van der Waals surface area contributed by atoms with E-state index in [9.17, 15) is 19.8 Å². The molecule has 0 aliphatic heterocycles. The first-order valence-corrected chi connectivity index (χ1v) is 8.88. The fourth-order valence-electron chi connectivity index (χ4n) is 2.97. The van der Waals surface area contributed by atoms with E-state index in [4.69, 9.17) is 4.74 Å². The van der Waals surface area contributed by atoms with Crippen molar-refractivity contribution in [3.8, 4) is 0 Å². The summed E-state index contributed by atoms with van der Waals surface area (Å²) < 4.78 is 6.19. The number of ether oxygens (including phenoxy) is 1. The number of carboxylic acids is 2. The number of hydrogen-bond donors (Lipinski definition) is 0. The Morgan fingerprint density at radius 3 is 1.87 bits per heavy atom. The Balaban J connectivity index is 0.00000240. The predicted molar refractivity (Wildman–Crippen MR) is 102 cm³/mol. The molecule has 3 aromatic heterocycles. The maximum absolute atomic E-state index is 11.3. The molecule has 0 spiro atoms. The second-order valence-corrected chi connectivity index (χ2v) is 6.18. The molecule has 0 saturated carbocycles. The zero-order valence-electron chi connectivity index (χ0n) is 16.4. The molecule has 0 fully saturated rings.